The number of rotatable bonds is 5. The van der Waals surface area contributed by atoms with Gasteiger partial charge in [0.2, 0.25) is 0 Å². The van der Waals surface area contributed by atoms with Crippen LogP contribution in [0, 0.1) is 0 Å². The average molecular weight is 636 g/mol. The molecule has 0 radical (unpaired) electrons. The fourth-order valence-corrected chi connectivity index (χ4v) is 11.9. The van der Waals surface area contributed by atoms with Crippen LogP contribution >= 0.6 is 11.3 Å². The van der Waals surface area contributed by atoms with Crippen LogP contribution in [0.2, 0.25) is 13.1 Å². The number of thiophene rings is 1. The number of para-hydroxylation sites is 1. The van der Waals surface area contributed by atoms with Crippen molar-refractivity contribution in [3.63, 3.8) is 0 Å². The summed E-state index contributed by atoms with van der Waals surface area (Å²) in [5.74, 6) is 0. The maximum Gasteiger partial charge on any atom is 0.114 e. The second kappa shape index (κ2) is 10.9. The molecule has 0 saturated carbocycles. The van der Waals surface area contributed by atoms with Crippen molar-refractivity contribution in [2.75, 3.05) is 4.90 Å². The SMILES string of the molecule is C[Si]1(C)c2cc(N(c3ccc(-c4ccccc4)cc3)c3ccccc3-c3ccccc3)ccc2-c2c1ccc1c2sc2ccccc21. The van der Waals surface area contributed by atoms with E-state index < -0.39 is 8.07 Å². The number of hydrogen-bond donors (Lipinski definition) is 0. The Bertz CT molecular complexity index is 2420. The first-order chi connectivity index (χ1) is 23.1. The zero-order chi connectivity index (χ0) is 31.5. The predicted molar refractivity (Wildman–Crippen MR) is 207 cm³/mol. The quantitative estimate of drug-likeness (QED) is 0.170. The van der Waals surface area contributed by atoms with Crippen LogP contribution in [-0.4, -0.2) is 8.07 Å². The maximum atomic E-state index is 2.53. The van der Waals surface area contributed by atoms with Gasteiger partial charge in [-0.1, -0.05) is 140 Å². The van der Waals surface area contributed by atoms with Crippen molar-refractivity contribution in [2.24, 2.45) is 0 Å². The Balaban J connectivity index is 1.24. The third-order valence-corrected chi connectivity index (χ3v) is 14.6. The molecule has 3 heteroatoms. The Kier molecular flexibility index (Phi) is 6.53. The van der Waals surface area contributed by atoms with Gasteiger partial charge in [0.15, 0.2) is 0 Å². The van der Waals surface area contributed by atoms with E-state index in [-0.39, 0.29) is 0 Å². The zero-order valence-electron chi connectivity index (χ0n) is 26.4. The van der Waals surface area contributed by atoms with E-state index in [9.17, 15) is 0 Å². The van der Waals surface area contributed by atoms with Gasteiger partial charge >= 0.3 is 0 Å². The van der Waals surface area contributed by atoms with E-state index in [0.29, 0.717) is 0 Å². The molecule has 0 unspecified atom stereocenters. The first-order valence-corrected chi connectivity index (χ1v) is 20.1. The van der Waals surface area contributed by atoms with Crippen molar-refractivity contribution in [2.45, 2.75) is 13.1 Å². The molecule has 7 aromatic carbocycles. The second-order valence-corrected chi connectivity index (χ2v) is 18.3. The van der Waals surface area contributed by atoms with Gasteiger partial charge in [-0.3, -0.25) is 0 Å². The highest BCUT2D eigenvalue weighted by Gasteiger charge is 2.39. The van der Waals surface area contributed by atoms with Gasteiger partial charge < -0.3 is 4.90 Å². The minimum atomic E-state index is -1.98. The standard InChI is InChI=1S/C44H33NSSi/c1-47(2)41-28-27-37-36-18-10-12-20-40(36)46-44(37)43(41)38-26-25-34(29-42(38)47)45(33-23-21-31(22-24-33)30-13-5-3-6-14-30)39-19-11-9-17-35(39)32-15-7-4-8-16-32/h3-29H,1-2H3. The zero-order valence-corrected chi connectivity index (χ0v) is 28.3. The largest absolute Gasteiger partial charge is 0.310 e. The van der Waals surface area contributed by atoms with Gasteiger partial charge in [0, 0.05) is 37.1 Å². The lowest BCUT2D eigenvalue weighted by Gasteiger charge is -2.29. The minimum Gasteiger partial charge on any atom is -0.310 e. The molecular formula is C44H33NSSi. The molecule has 0 bridgehead atoms. The summed E-state index contributed by atoms with van der Waals surface area (Å²) in [5.41, 5.74) is 11.3. The number of anilines is 3. The normalized spacial score (nSPS) is 13.1. The Morgan fingerprint density at radius 1 is 0.468 bits per heavy atom. The Hall–Kier alpha value is -5.22. The van der Waals surface area contributed by atoms with Gasteiger partial charge in [0.05, 0.1) is 5.69 Å². The van der Waals surface area contributed by atoms with Crippen LogP contribution in [0.25, 0.3) is 53.6 Å². The lowest BCUT2D eigenvalue weighted by Crippen LogP contribution is -2.49. The molecular weight excluding hydrogens is 603 g/mol. The third-order valence-electron chi connectivity index (χ3n) is 9.89. The smallest absolute Gasteiger partial charge is 0.114 e. The van der Waals surface area contributed by atoms with Crippen molar-refractivity contribution < 1.29 is 0 Å². The molecule has 8 aromatic rings. The van der Waals surface area contributed by atoms with Crippen LogP contribution in [-0.2, 0) is 0 Å². The Morgan fingerprint density at radius 3 is 1.89 bits per heavy atom. The van der Waals surface area contributed by atoms with Gasteiger partial charge in [-0.05, 0) is 74.6 Å². The summed E-state index contributed by atoms with van der Waals surface area (Å²) >= 11 is 1.95. The molecule has 9 rings (SSSR count). The van der Waals surface area contributed by atoms with Crippen molar-refractivity contribution in [1.29, 1.82) is 0 Å². The molecule has 2 heterocycles. The highest BCUT2D eigenvalue weighted by Crippen LogP contribution is 2.45. The van der Waals surface area contributed by atoms with Crippen LogP contribution in [0.5, 0.6) is 0 Å². The molecule has 224 valence electrons. The van der Waals surface area contributed by atoms with Crippen molar-refractivity contribution in [1.82, 2.24) is 0 Å². The highest BCUT2D eigenvalue weighted by atomic mass is 32.1. The second-order valence-electron chi connectivity index (χ2n) is 12.9. The molecule has 1 nitrogen and oxygen atoms in total. The van der Waals surface area contributed by atoms with Gasteiger partial charge in [-0.25, -0.2) is 0 Å². The molecule has 1 aromatic heterocycles. The summed E-state index contributed by atoms with van der Waals surface area (Å²) in [6.07, 6.45) is 0. The summed E-state index contributed by atoms with van der Waals surface area (Å²) in [5, 5.41) is 5.80. The third kappa shape index (κ3) is 4.50. The van der Waals surface area contributed by atoms with E-state index in [1.54, 1.807) is 5.19 Å². The average Bonchev–Trinajstić information content (AvgIpc) is 3.62. The first kappa shape index (κ1) is 28.0. The van der Waals surface area contributed by atoms with E-state index in [1.807, 2.05) is 11.3 Å². The van der Waals surface area contributed by atoms with Crippen LogP contribution < -0.4 is 15.3 Å². The molecule has 1 aliphatic heterocycles. The van der Waals surface area contributed by atoms with Gasteiger partial charge in [0.25, 0.3) is 0 Å². The van der Waals surface area contributed by atoms with Crippen LogP contribution in [0.15, 0.2) is 164 Å². The van der Waals surface area contributed by atoms with Crippen LogP contribution in [0.1, 0.15) is 0 Å². The number of fused-ring (bicyclic) bond motifs is 7. The predicted octanol–water partition coefficient (Wildman–Crippen LogP) is 11.7. The summed E-state index contributed by atoms with van der Waals surface area (Å²) in [4.78, 5) is 2.46. The van der Waals surface area contributed by atoms with Crippen molar-refractivity contribution >= 4 is 67.0 Å². The molecule has 0 N–H and O–H groups in total. The Morgan fingerprint density at radius 2 is 1.11 bits per heavy atom. The molecule has 0 aliphatic carbocycles. The lowest BCUT2D eigenvalue weighted by molar-refractivity contribution is 1.29. The highest BCUT2D eigenvalue weighted by molar-refractivity contribution is 7.26. The van der Waals surface area contributed by atoms with Crippen molar-refractivity contribution in [3.8, 4) is 33.4 Å². The van der Waals surface area contributed by atoms with Gasteiger partial charge in [-0.2, -0.15) is 0 Å². The molecule has 0 spiro atoms. The first-order valence-electron chi connectivity index (χ1n) is 16.3. The van der Waals surface area contributed by atoms with E-state index in [4.69, 9.17) is 0 Å². The summed E-state index contributed by atoms with van der Waals surface area (Å²) < 4.78 is 2.79. The molecule has 0 amide bonds. The number of benzene rings is 7. The monoisotopic (exact) mass is 635 g/mol. The molecule has 1 aliphatic rings. The molecule has 47 heavy (non-hydrogen) atoms. The van der Waals surface area contributed by atoms with E-state index in [0.717, 1.165) is 5.69 Å². The number of hydrogen-bond acceptors (Lipinski definition) is 2. The van der Waals surface area contributed by atoms with Crippen LogP contribution in [0.3, 0.4) is 0 Å². The van der Waals surface area contributed by atoms with Gasteiger partial charge in [-0.15, -0.1) is 11.3 Å². The fourth-order valence-electron chi connectivity index (χ4n) is 7.52. The van der Waals surface area contributed by atoms with E-state index >= 15 is 0 Å². The minimum absolute atomic E-state index is 1.15. The summed E-state index contributed by atoms with van der Waals surface area (Å²) in [7, 11) is -1.98. The maximum absolute atomic E-state index is 2.53. The summed E-state index contributed by atoms with van der Waals surface area (Å²) in [6.45, 7) is 5.05. The fraction of sp³-hybridized carbons (Fsp3) is 0.0455. The Labute approximate surface area is 281 Å². The molecule has 0 fully saturated rings. The summed E-state index contributed by atoms with van der Waals surface area (Å²) in [6, 6.07) is 60.2. The van der Waals surface area contributed by atoms with Gasteiger partial charge in [0.1, 0.15) is 8.07 Å². The molecule has 0 atom stereocenters. The van der Waals surface area contributed by atoms with E-state index in [2.05, 4.69) is 182 Å². The van der Waals surface area contributed by atoms with E-state index in [1.165, 1.54) is 70.1 Å². The van der Waals surface area contributed by atoms with Crippen LogP contribution in [0.4, 0.5) is 17.1 Å². The lowest BCUT2D eigenvalue weighted by atomic mass is 10.00. The molecule has 0 saturated heterocycles. The van der Waals surface area contributed by atoms with Crippen molar-refractivity contribution in [3.05, 3.63) is 164 Å². The number of nitrogens with zero attached hydrogens (tertiary/aromatic N) is 1. The topological polar surface area (TPSA) is 3.24 Å².